The van der Waals surface area contributed by atoms with Crippen molar-refractivity contribution in [2.75, 3.05) is 0 Å². The smallest absolute Gasteiger partial charge is 0.335 e. The van der Waals surface area contributed by atoms with Crippen molar-refractivity contribution in [2.24, 2.45) is 5.92 Å². The highest BCUT2D eigenvalue weighted by Gasteiger charge is 2.10. The van der Waals surface area contributed by atoms with E-state index in [0.717, 1.165) is 17.5 Å². The number of halogens is 1. The molecule has 2 rings (SSSR count). The van der Waals surface area contributed by atoms with Gasteiger partial charge in [-0.1, -0.05) is 49.7 Å². The fourth-order valence-corrected chi connectivity index (χ4v) is 2.44. The summed E-state index contributed by atoms with van der Waals surface area (Å²) in [5.41, 5.74) is 3.20. The van der Waals surface area contributed by atoms with E-state index in [1.165, 1.54) is 11.6 Å². The van der Waals surface area contributed by atoms with E-state index in [9.17, 15) is 4.79 Å². The van der Waals surface area contributed by atoms with E-state index in [-0.39, 0.29) is 5.56 Å². The summed E-state index contributed by atoms with van der Waals surface area (Å²) in [7, 11) is 0. The number of benzene rings is 2. The monoisotopic (exact) mass is 288 g/mol. The van der Waals surface area contributed by atoms with Gasteiger partial charge in [-0.05, 0) is 41.7 Å². The lowest BCUT2D eigenvalue weighted by Crippen LogP contribution is -1.97. The van der Waals surface area contributed by atoms with E-state index in [1.807, 2.05) is 12.1 Å². The van der Waals surface area contributed by atoms with Gasteiger partial charge in [0.25, 0.3) is 0 Å². The zero-order valence-electron chi connectivity index (χ0n) is 11.6. The first-order valence-electron chi connectivity index (χ1n) is 6.59. The third-order valence-corrected chi connectivity index (χ3v) is 3.42. The molecule has 2 aromatic carbocycles. The minimum Gasteiger partial charge on any atom is -0.478 e. The van der Waals surface area contributed by atoms with Gasteiger partial charge in [0.2, 0.25) is 0 Å². The molecule has 2 nitrogen and oxygen atoms in total. The van der Waals surface area contributed by atoms with Gasteiger partial charge in [0.15, 0.2) is 0 Å². The highest BCUT2D eigenvalue weighted by atomic mass is 35.5. The lowest BCUT2D eigenvalue weighted by Gasteiger charge is -2.10. The number of hydrogen-bond donors (Lipinski definition) is 1. The Labute approximate surface area is 124 Å². The molecule has 0 bridgehead atoms. The van der Waals surface area contributed by atoms with Crippen molar-refractivity contribution in [1.29, 1.82) is 0 Å². The van der Waals surface area contributed by atoms with Crippen LogP contribution >= 0.6 is 11.6 Å². The molecule has 0 fully saturated rings. The fourth-order valence-electron chi connectivity index (χ4n) is 2.22. The van der Waals surface area contributed by atoms with Gasteiger partial charge in [-0.15, -0.1) is 0 Å². The van der Waals surface area contributed by atoms with Crippen molar-refractivity contribution >= 4 is 17.6 Å². The van der Waals surface area contributed by atoms with Crippen LogP contribution in [0.5, 0.6) is 0 Å². The van der Waals surface area contributed by atoms with Crippen LogP contribution < -0.4 is 0 Å². The second-order valence-corrected chi connectivity index (χ2v) is 5.71. The van der Waals surface area contributed by atoms with Crippen LogP contribution in [-0.2, 0) is 6.42 Å². The van der Waals surface area contributed by atoms with Crippen molar-refractivity contribution in [3.8, 4) is 11.1 Å². The molecule has 20 heavy (non-hydrogen) atoms. The van der Waals surface area contributed by atoms with Gasteiger partial charge in [0.1, 0.15) is 0 Å². The first kappa shape index (κ1) is 14.6. The third kappa shape index (κ3) is 3.40. The van der Waals surface area contributed by atoms with Gasteiger partial charge in [-0.2, -0.15) is 0 Å². The van der Waals surface area contributed by atoms with Crippen LogP contribution in [0.2, 0.25) is 5.02 Å². The summed E-state index contributed by atoms with van der Waals surface area (Å²) in [6.45, 7) is 4.34. The van der Waals surface area contributed by atoms with Crippen LogP contribution in [0.15, 0.2) is 42.5 Å². The molecule has 1 N–H and O–H groups in total. The number of carboxylic acids is 1. The zero-order valence-corrected chi connectivity index (χ0v) is 12.3. The maximum atomic E-state index is 11.1. The quantitative estimate of drug-likeness (QED) is 0.868. The Morgan fingerprint density at radius 2 is 1.95 bits per heavy atom. The SMILES string of the molecule is CC(C)Cc1cccc(-c2cc(C(=O)O)ccc2Cl)c1. The molecule has 0 aliphatic heterocycles. The van der Waals surface area contributed by atoms with E-state index in [4.69, 9.17) is 16.7 Å². The highest BCUT2D eigenvalue weighted by Crippen LogP contribution is 2.30. The standard InChI is InChI=1S/C17H17ClO2/c1-11(2)8-12-4-3-5-13(9-12)15-10-14(17(19)20)6-7-16(15)18/h3-7,9-11H,8H2,1-2H3,(H,19,20). The summed E-state index contributed by atoms with van der Waals surface area (Å²) < 4.78 is 0. The molecule has 0 radical (unpaired) electrons. The van der Waals surface area contributed by atoms with Crippen LogP contribution in [0.3, 0.4) is 0 Å². The second-order valence-electron chi connectivity index (χ2n) is 5.30. The number of carbonyl (C=O) groups is 1. The van der Waals surface area contributed by atoms with Crippen LogP contribution in [-0.4, -0.2) is 11.1 Å². The number of carboxylic acid groups (broad SMARTS) is 1. The average molecular weight is 289 g/mol. The van der Waals surface area contributed by atoms with E-state index in [2.05, 4.69) is 26.0 Å². The Bertz CT molecular complexity index is 633. The Morgan fingerprint density at radius 3 is 2.60 bits per heavy atom. The van der Waals surface area contributed by atoms with Crippen molar-refractivity contribution < 1.29 is 9.90 Å². The molecular weight excluding hydrogens is 272 g/mol. The highest BCUT2D eigenvalue weighted by molar-refractivity contribution is 6.33. The van der Waals surface area contributed by atoms with Crippen LogP contribution in [0, 0.1) is 5.92 Å². The number of rotatable bonds is 4. The van der Waals surface area contributed by atoms with Crippen molar-refractivity contribution in [2.45, 2.75) is 20.3 Å². The average Bonchev–Trinajstić information content (AvgIpc) is 2.38. The summed E-state index contributed by atoms with van der Waals surface area (Å²) in [5, 5.41) is 9.64. The van der Waals surface area contributed by atoms with Gasteiger partial charge in [0.05, 0.1) is 5.56 Å². The fraction of sp³-hybridized carbons (Fsp3) is 0.235. The van der Waals surface area contributed by atoms with E-state index in [0.29, 0.717) is 10.9 Å². The normalized spacial score (nSPS) is 10.8. The van der Waals surface area contributed by atoms with E-state index >= 15 is 0 Å². The van der Waals surface area contributed by atoms with Crippen LogP contribution in [0.1, 0.15) is 29.8 Å². The van der Waals surface area contributed by atoms with Gasteiger partial charge < -0.3 is 5.11 Å². The Kier molecular flexibility index (Phi) is 4.46. The summed E-state index contributed by atoms with van der Waals surface area (Å²) in [5.74, 6) is -0.368. The van der Waals surface area contributed by atoms with Crippen molar-refractivity contribution in [1.82, 2.24) is 0 Å². The summed E-state index contributed by atoms with van der Waals surface area (Å²) >= 11 is 6.20. The van der Waals surface area contributed by atoms with Crippen molar-refractivity contribution in [3.05, 3.63) is 58.6 Å². The lowest BCUT2D eigenvalue weighted by molar-refractivity contribution is 0.0697. The largest absolute Gasteiger partial charge is 0.478 e. The van der Waals surface area contributed by atoms with Gasteiger partial charge in [-0.3, -0.25) is 0 Å². The molecule has 0 saturated heterocycles. The molecule has 2 aromatic rings. The second kappa shape index (κ2) is 6.10. The maximum absolute atomic E-state index is 11.1. The van der Waals surface area contributed by atoms with E-state index in [1.54, 1.807) is 12.1 Å². The topological polar surface area (TPSA) is 37.3 Å². The molecule has 3 heteroatoms. The predicted molar refractivity (Wildman–Crippen MR) is 82.4 cm³/mol. The zero-order chi connectivity index (χ0) is 14.7. The lowest BCUT2D eigenvalue weighted by atomic mass is 9.97. The molecule has 0 aliphatic carbocycles. The van der Waals surface area contributed by atoms with Gasteiger partial charge >= 0.3 is 5.97 Å². The first-order chi connectivity index (χ1) is 9.47. The number of hydrogen-bond acceptors (Lipinski definition) is 1. The summed E-state index contributed by atoms with van der Waals surface area (Å²) in [6.07, 6.45) is 0.990. The predicted octanol–water partition coefficient (Wildman–Crippen LogP) is 4.90. The molecular formula is C17H17ClO2. The molecule has 0 spiro atoms. The van der Waals surface area contributed by atoms with Gasteiger partial charge in [0, 0.05) is 10.6 Å². The molecule has 0 unspecified atom stereocenters. The minimum absolute atomic E-state index is 0.249. The Morgan fingerprint density at radius 1 is 1.20 bits per heavy atom. The molecule has 0 atom stereocenters. The minimum atomic E-state index is -0.943. The number of aromatic carboxylic acids is 1. The Hall–Kier alpha value is -1.80. The van der Waals surface area contributed by atoms with Crippen LogP contribution in [0.25, 0.3) is 11.1 Å². The van der Waals surface area contributed by atoms with Crippen molar-refractivity contribution in [3.63, 3.8) is 0 Å². The molecule has 0 aliphatic rings. The van der Waals surface area contributed by atoms with Gasteiger partial charge in [-0.25, -0.2) is 4.79 Å². The molecule has 0 amide bonds. The van der Waals surface area contributed by atoms with Crippen LogP contribution in [0.4, 0.5) is 0 Å². The molecule has 104 valence electrons. The van der Waals surface area contributed by atoms with E-state index < -0.39 is 5.97 Å². The molecule has 0 saturated carbocycles. The summed E-state index contributed by atoms with van der Waals surface area (Å²) in [6, 6.07) is 12.9. The third-order valence-electron chi connectivity index (χ3n) is 3.10. The molecule has 0 heterocycles. The molecule has 0 aromatic heterocycles. The Balaban J connectivity index is 2.45. The first-order valence-corrected chi connectivity index (χ1v) is 6.97. The summed E-state index contributed by atoms with van der Waals surface area (Å²) in [4.78, 5) is 11.1. The maximum Gasteiger partial charge on any atom is 0.335 e.